The second-order valence-electron chi connectivity index (χ2n) is 8.40. The molecule has 9 nitrogen and oxygen atoms in total. The fraction of sp³-hybridized carbons (Fsp3) is 0.478. The van der Waals surface area contributed by atoms with Crippen molar-refractivity contribution in [1.29, 1.82) is 0 Å². The number of nitrogens with zero attached hydrogens (tertiary/aromatic N) is 5. The average molecular weight is 437 g/mol. The first kappa shape index (κ1) is 20.8. The molecule has 32 heavy (non-hydrogen) atoms. The second kappa shape index (κ2) is 8.48. The van der Waals surface area contributed by atoms with Crippen LogP contribution in [0, 0.1) is 6.92 Å². The van der Waals surface area contributed by atoms with E-state index in [1.807, 2.05) is 45.2 Å². The summed E-state index contributed by atoms with van der Waals surface area (Å²) in [6.07, 6.45) is 1.96. The number of imidazole rings is 1. The molecule has 1 aromatic carbocycles. The van der Waals surface area contributed by atoms with Crippen molar-refractivity contribution < 1.29 is 14.3 Å². The van der Waals surface area contributed by atoms with Gasteiger partial charge >= 0.3 is 6.01 Å². The van der Waals surface area contributed by atoms with Crippen molar-refractivity contribution in [2.75, 3.05) is 26.7 Å². The summed E-state index contributed by atoms with van der Waals surface area (Å²) < 4.78 is 14.3. The number of carbonyl (C=O) groups is 1. The predicted molar refractivity (Wildman–Crippen MR) is 119 cm³/mol. The van der Waals surface area contributed by atoms with Gasteiger partial charge in [0, 0.05) is 44.9 Å². The molecular weight excluding hydrogens is 408 g/mol. The van der Waals surface area contributed by atoms with Crippen molar-refractivity contribution in [3.8, 4) is 17.3 Å². The molecule has 2 aromatic heterocycles. The van der Waals surface area contributed by atoms with E-state index in [9.17, 15) is 4.79 Å². The first-order valence-corrected chi connectivity index (χ1v) is 11.1. The number of likely N-dealkylation sites (N-methyl/N-ethyl adjacent to an activating group) is 1. The summed E-state index contributed by atoms with van der Waals surface area (Å²) in [5.74, 6) is 0.931. The fourth-order valence-electron chi connectivity index (χ4n) is 4.67. The van der Waals surface area contributed by atoms with Gasteiger partial charge in [0.05, 0.1) is 35.4 Å². The van der Waals surface area contributed by atoms with E-state index in [-0.39, 0.29) is 24.2 Å². The maximum absolute atomic E-state index is 13.1. The molecule has 5 rings (SSSR count). The van der Waals surface area contributed by atoms with E-state index in [1.165, 1.54) is 0 Å². The SMILES string of the molecule is CCOC1CN(C)C(=O)[C@@H]2C[C@@H](CN2)Oc2nccc(n2)-c2cccc3nc(C)n(c23)C1. The third-order valence-electron chi connectivity index (χ3n) is 6.17. The van der Waals surface area contributed by atoms with Gasteiger partial charge in [0.15, 0.2) is 0 Å². The lowest BCUT2D eigenvalue weighted by Crippen LogP contribution is -2.45. The molecular formula is C23H28N6O3. The summed E-state index contributed by atoms with van der Waals surface area (Å²) in [7, 11) is 1.83. The Bertz CT molecular complexity index is 1150. The van der Waals surface area contributed by atoms with Gasteiger partial charge in [-0.3, -0.25) is 4.79 Å². The van der Waals surface area contributed by atoms with Gasteiger partial charge in [0.2, 0.25) is 5.91 Å². The highest BCUT2D eigenvalue weighted by Crippen LogP contribution is 2.30. The number of hydrogen-bond donors (Lipinski definition) is 1. The standard InChI is InChI=1S/C23H28N6O3/c1-4-31-16-12-28(3)22(30)20-10-15(11-25-20)32-23-24-9-8-18(27-23)17-6-5-7-19-21(17)29(13-16)14(2)26-19/h5-9,15-16,20,25H,4,10-13H2,1-3H3/t15-,16?,20-/m0/s1. The highest BCUT2D eigenvalue weighted by Gasteiger charge is 2.34. The minimum absolute atomic E-state index is 0.0400. The van der Waals surface area contributed by atoms with E-state index >= 15 is 0 Å². The van der Waals surface area contributed by atoms with Gasteiger partial charge in [-0.15, -0.1) is 0 Å². The van der Waals surface area contributed by atoms with Crippen LogP contribution in [0.25, 0.3) is 22.3 Å². The van der Waals surface area contributed by atoms with Crippen molar-refractivity contribution in [3.05, 3.63) is 36.3 Å². The molecule has 2 aliphatic rings. The van der Waals surface area contributed by atoms with Gasteiger partial charge in [0.1, 0.15) is 11.9 Å². The minimum atomic E-state index is -0.292. The van der Waals surface area contributed by atoms with Crippen molar-refractivity contribution in [1.82, 2.24) is 29.7 Å². The summed E-state index contributed by atoms with van der Waals surface area (Å²) in [5, 5.41) is 3.28. The number of para-hydroxylation sites is 1. The van der Waals surface area contributed by atoms with Gasteiger partial charge in [0.25, 0.3) is 0 Å². The summed E-state index contributed by atoms with van der Waals surface area (Å²) in [5.41, 5.74) is 3.63. The Labute approximate surface area is 186 Å². The van der Waals surface area contributed by atoms with Gasteiger partial charge in [-0.2, -0.15) is 4.98 Å². The van der Waals surface area contributed by atoms with E-state index < -0.39 is 0 Å². The lowest BCUT2D eigenvalue weighted by atomic mass is 10.1. The Hall–Kier alpha value is -3.04. The van der Waals surface area contributed by atoms with Crippen LogP contribution in [0.15, 0.2) is 30.5 Å². The van der Waals surface area contributed by atoms with E-state index in [2.05, 4.69) is 14.9 Å². The van der Waals surface area contributed by atoms with E-state index in [0.717, 1.165) is 28.1 Å². The van der Waals surface area contributed by atoms with Gasteiger partial charge in [-0.25, -0.2) is 9.97 Å². The Balaban J connectivity index is 1.65. The molecule has 1 N–H and O–H groups in total. The summed E-state index contributed by atoms with van der Waals surface area (Å²) in [6.45, 7) is 6.19. The molecule has 1 amide bonds. The zero-order valence-corrected chi connectivity index (χ0v) is 18.6. The fourth-order valence-corrected chi connectivity index (χ4v) is 4.67. The topological polar surface area (TPSA) is 94.4 Å². The van der Waals surface area contributed by atoms with Gasteiger partial charge < -0.3 is 24.3 Å². The molecule has 4 heterocycles. The van der Waals surface area contributed by atoms with Crippen LogP contribution in [0.5, 0.6) is 6.01 Å². The normalized spacial score (nSPS) is 23.7. The predicted octanol–water partition coefficient (Wildman–Crippen LogP) is 1.79. The van der Waals surface area contributed by atoms with Crippen LogP contribution in [0.3, 0.4) is 0 Å². The number of ether oxygens (including phenoxy) is 2. The molecule has 168 valence electrons. The number of benzene rings is 1. The van der Waals surface area contributed by atoms with Crippen LogP contribution in [-0.4, -0.2) is 75.3 Å². The summed E-state index contributed by atoms with van der Waals surface area (Å²) in [4.78, 5) is 28.6. The highest BCUT2D eigenvalue weighted by atomic mass is 16.5. The third kappa shape index (κ3) is 3.82. The summed E-state index contributed by atoms with van der Waals surface area (Å²) >= 11 is 0. The number of rotatable bonds is 2. The first-order chi connectivity index (χ1) is 15.5. The second-order valence-corrected chi connectivity index (χ2v) is 8.40. The largest absolute Gasteiger partial charge is 0.459 e. The molecule has 2 aliphatic heterocycles. The van der Waals surface area contributed by atoms with Crippen molar-refractivity contribution in [2.24, 2.45) is 0 Å². The molecule has 1 fully saturated rings. The van der Waals surface area contributed by atoms with Crippen molar-refractivity contribution in [2.45, 2.75) is 45.1 Å². The van der Waals surface area contributed by atoms with Crippen LogP contribution in [0.4, 0.5) is 0 Å². The van der Waals surface area contributed by atoms with Gasteiger partial charge in [-0.1, -0.05) is 12.1 Å². The van der Waals surface area contributed by atoms with Crippen LogP contribution in [-0.2, 0) is 16.1 Å². The zero-order chi connectivity index (χ0) is 22.2. The van der Waals surface area contributed by atoms with Crippen LogP contribution >= 0.6 is 0 Å². The maximum atomic E-state index is 13.1. The molecule has 0 saturated carbocycles. The number of nitrogens with one attached hydrogen (secondary N) is 1. The molecule has 0 aliphatic carbocycles. The Morgan fingerprint density at radius 3 is 2.97 bits per heavy atom. The summed E-state index contributed by atoms with van der Waals surface area (Å²) in [6, 6.07) is 7.95. The Morgan fingerprint density at radius 1 is 1.25 bits per heavy atom. The van der Waals surface area contributed by atoms with Crippen LogP contribution in [0.1, 0.15) is 19.2 Å². The number of aromatic nitrogens is 4. The van der Waals surface area contributed by atoms with Crippen LogP contribution < -0.4 is 10.1 Å². The lowest BCUT2D eigenvalue weighted by Gasteiger charge is -2.27. The smallest absolute Gasteiger partial charge is 0.317 e. The molecule has 0 spiro atoms. The molecule has 4 bridgehead atoms. The first-order valence-electron chi connectivity index (χ1n) is 11.1. The minimum Gasteiger partial charge on any atom is -0.459 e. The van der Waals surface area contributed by atoms with E-state index in [1.54, 1.807) is 11.1 Å². The Morgan fingerprint density at radius 2 is 2.12 bits per heavy atom. The number of hydrogen-bond acceptors (Lipinski definition) is 7. The highest BCUT2D eigenvalue weighted by molar-refractivity contribution is 5.91. The molecule has 1 saturated heterocycles. The van der Waals surface area contributed by atoms with E-state index in [0.29, 0.717) is 38.7 Å². The lowest BCUT2D eigenvalue weighted by molar-refractivity contribution is -0.133. The number of aryl methyl sites for hydroxylation is 1. The third-order valence-corrected chi connectivity index (χ3v) is 6.17. The van der Waals surface area contributed by atoms with E-state index in [4.69, 9.17) is 19.4 Å². The van der Waals surface area contributed by atoms with Crippen LogP contribution in [0.2, 0.25) is 0 Å². The molecule has 1 unspecified atom stereocenters. The number of carbonyl (C=O) groups excluding carboxylic acids is 1. The molecule has 3 atom stereocenters. The molecule has 3 aromatic rings. The van der Waals surface area contributed by atoms with Crippen molar-refractivity contribution in [3.63, 3.8) is 0 Å². The average Bonchev–Trinajstić information content (AvgIpc) is 3.37. The zero-order valence-electron chi connectivity index (χ0n) is 18.6. The Kier molecular flexibility index (Phi) is 5.52. The molecule has 0 radical (unpaired) electrons. The molecule has 9 heteroatoms. The van der Waals surface area contributed by atoms with Crippen molar-refractivity contribution >= 4 is 16.9 Å². The quantitative estimate of drug-likeness (QED) is 0.654. The van der Waals surface area contributed by atoms with Gasteiger partial charge in [-0.05, 0) is 26.0 Å². The number of amides is 1. The maximum Gasteiger partial charge on any atom is 0.317 e. The number of fused-ring (bicyclic) bond motifs is 5. The monoisotopic (exact) mass is 436 g/mol.